The number of methoxy groups -OCH3 is 1. The van der Waals surface area contributed by atoms with Gasteiger partial charge in [-0.05, 0) is 18.2 Å². The molecule has 4 heteroatoms. The van der Waals surface area contributed by atoms with Crippen molar-refractivity contribution in [2.45, 2.75) is 6.29 Å². The Morgan fingerprint density at radius 2 is 2.38 bits per heavy atom. The van der Waals surface area contributed by atoms with Crippen LogP contribution in [0.3, 0.4) is 0 Å². The molecule has 13 heavy (non-hydrogen) atoms. The first kappa shape index (κ1) is 8.99. The summed E-state index contributed by atoms with van der Waals surface area (Å²) in [5.41, 5.74) is 0.920. The monoisotopic (exact) mass is 244 g/mol. The SMILES string of the molecule is COC1OCOc2ccc(Br)cc21. The van der Waals surface area contributed by atoms with Crippen molar-refractivity contribution in [2.24, 2.45) is 0 Å². The number of rotatable bonds is 1. The second-order valence-corrected chi connectivity index (χ2v) is 3.59. The second-order valence-electron chi connectivity index (χ2n) is 2.68. The molecule has 0 amide bonds. The van der Waals surface area contributed by atoms with Crippen LogP contribution in [0.15, 0.2) is 22.7 Å². The number of ether oxygens (including phenoxy) is 3. The van der Waals surface area contributed by atoms with Gasteiger partial charge in [-0.15, -0.1) is 0 Å². The summed E-state index contributed by atoms with van der Waals surface area (Å²) in [7, 11) is 1.61. The second kappa shape index (κ2) is 3.65. The topological polar surface area (TPSA) is 27.7 Å². The van der Waals surface area contributed by atoms with Gasteiger partial charge in [-0.25, -0.2) is 0 Å². The fraction of sp³-hybridized carbons (Fsp3) is 0.333. The molecular weight excluding hydrogens is 236 g/mol. The van der Waals surface area contributed by atoms with Gasteiger partial charge in [-0.1, -0.05) is 15.9 Å². The number of fused-ring (bicyclic) bond motifs is 1. The lowest BCUT2D eigenvalue weighted by Crippen LogP contribution is -2.18. The van der Waals surface area contributed by atoms with Crippen molar-refractivity contribution in [3.8, 4) is 5.75 Å². The van der Waals surface area contributed by atoms with E-state index >= 15 is 0 Å². The third-order valence-corrected chi connectivity index (χ3v) is 2.37. The molecular formula is C9H9BrO3. The maximum absolute atomic E-state index is 5.29. The molecule has 0 aliphatic carbocycles. The van der Waals surface area contributed by atoms with E-state index in [0.29, 0.717) is 0 Å². The van der Waals surface area contributed by atoms with Crippen LogP contribution in [0, 0.1) is 0 Å². The van der Waals surface area contributed by atoms with Gasteiger partial charge in [-0.3, -0.25) is 0 Å². The molecule has 0 fully saturated rings. The molecule has 1 heterocycles. The summed E-state index contributed by atoms with van der Waals surface area (Å²) < 4.78 is 16.7. The molecule has 1 atom stereocenters. The molecule has 0 saturated carbocycles. The van der Waals surface area contributed by atoms with Gasteiger partial charge in [0.2, 0.25) is 0 Å². The standard InChI is InChI=1S/C9H9BrO3/c1-11-9-7-4-6(10)2-3-8(7)12-5-13-9/h2-4,9H,5H2,1H3. The van der Waals surface area contributed by atoms with Gasteiger partial charge >= 0.3 is 0 Å². The Labute approximate surface area is 84.7 Å². The Morgan fingerprint density at radius 3 is 3.15 bits per heavy atom. The van der Waals surface area contributed by atoms with E-state index in [4.69, 9.17) is 14.2 Å². The Morgan fingerprint density at radius 1 is 1.54 bits per heavy atom. The molecule has 0 radical (unpaired) electrons. The third kappa shape index (κ3) is 1.70. The van der Waals surface area contributed by atoms with E-state index in [-0.39, 0.29) is 13.1 Å². The summed E-state index contributed by atoms with van der Waals surface area (Å²) in [6.07, 6.45) is -0.318. The third-order valence-electron chi connectivity index (χ3n) is 1.87. The predicted molar refractivity (Wildman–Crippen MR) is 50.5 cm³/mol. The van der Waals surface area contributed by atoms with Gasteiger partial charge < -0.3 is 14.2 Å². The van der Waals surface area contributed by atoms with E-state index < -0.39 is 0 Å². The van der Waals surface area contributed by atoms with Gasteiger partial charge in [0, 0.05) is 11.6 Å². The summed E-state index contributed by atoms with van der Waals surface area (Å²) in [6, 6.07) is 5.76. The summed E-state index contributed by atoms with van der Waals surface area (Å²) in [5, 5.41) is 0. The molecule has 0 spiro atoms. The fourth-order valence-corrected chi connectivity index (χ4v) is 1.66. The van der Waals surface area contributed by atoms with Crippen LogP contribution in [-0.4, -0.2) is 13.9 Å². The minimum Gasteiger partial charge on any atom is -0.467 e. The molecule has 0 aromatic heterocycles. The van der Waals surface area contributed by atoms with Crippen LogP contribution in [0.2, 0.25) is 0 Å². The Kier molecular flexibility index (Phi) is 2.53. The van der Waals surface area contributed by atoms with E-state index in [1.54, 1.807) is 7.11 Å². The first-order valence-corrected chi connectivity index (χ1v) is 4.67. The lowest BCUT2D eigenvalue weighted by atomic mass is 10.2. The molecule has 1 aliphatic rings. The van der Waals surface area contributed by atoms with Crippen molar-refractivity contribution in [3.05, 3.63) is 28.2 Å². The molecule has 0 saturated heterocycles. The summed E-state index contributed by atoms with van der Waals surface area (Å²) in [4.78, 5) is 0. The summed E-state index contributed by atoms with van der Waals surface area (Å²) in [5.74, 6) is 0.821. The largest absolute Gasteiger partial charge is 0.467 e. The molecule has 0 N–H and O–H groups in total. The van der Waals surface area contributed by atoms with Gasteiger partial charge in [0.1, 0.15) is 5.75 Å². The predicted octanol–water partition coefficient (Wildman–Crippen LogP) is 2.46. The van der Waals surface area contributed by atoms with Gasteiger partial charge in [0.05, 0.1) is 5.56 Å². The number of benzene rings is 1. The highest BCUT2D eigenvalue weighted by molar-refractivity contribution is 9.10. The first-order valence-electron chi connectivity index (χ1n) is 3.88. The van der Waals surface area contributed by atoms with Crippen LogP contribution >= 0.6 is 15.9 Å². The first-order chi connectivity index (χ1) is 6.31. The van der Waals surface area contributed by atoms with E-state index in [1.807, 2.05) is 18.2 Å². The van der Waals surface area contributed by atoms with Crippen molar-refractivity contribution in [1.29, 1.82) is 0 Å². The highest BCUT2D eigenvalue weighted by atomic mass is 79.9. The average Bonchev–Trinajstić information content (AvgIpc) is 2.17. The minimum absolute atomic E-state index is 0.243. The van der Waals surface area contributed by atoms with Crippen LogP contribution in [0.1, 0.15) is 11.9 Å². The van der Waals surface area contributed by atoms with Crippen LogP contribution in [0.25, 0.3) is 0 Å². The molecule has 1 aliphatic heterocycles. The number of hydrogen-bond donors (Lipinski definition) is 0. The Hall–Kier alpha value is -0.580. The van der Waals surface area contributed by atoms with Crippen molar-refractivity contribution in [1.82, 2.24) is 0 Å². The molecule has 0 bridgehead atoms. The van der Waals surface area contributed by atoms with Crippen LogP contribution in [0.5, 0.6) is 5.75 Å². The molecule has 3 nitrogen and oxygen atoms in total. The summed E-state index contributed by atoms with van der Waals surface area (Å²) in [6.45, 7) is 0.243. The lowest BCUT2D eigenvalue weighted by molar-refractivity contribution is -0.180. The maximum atomic E-state index is 5.29. The van der Waals surface area contributed by atoms with Gasteiger partial charge in [0.25, 0.3) is 0 Å². The zero-order valence-electron chi connectivity index (χ0n) is 7.12. The molecule has 1 aromatic carbocycles. The van der Waals surface area contributed by atoms with E-state index in [9.17, 15) is 0 Å². The highest BCUT2D eigenvalue weighted by Gasteiger charge is 2.21. The van der Waals surface area contributed by atoms with Crippen molar-refractivity contribution in [2.75, 3.05) is 13.9 Å². The molecule has 2 rings (SSSR count). The van der Waals surface area contributed by atoms with E-state index in [1.165, 1.54) is 0 Å². The van der Waals surface area contributed by atoms with Crippen molar-refractivity contribution >= 4 is 15.9 Å². The zero-order chi connectivity index (χ0) is 9.26. The van der Waals surface area contributed by atoms with Crippen molar-refractivity contribution in [3.63, 3.8) is 0 Å². The van der Waals surface area contributed by atoms with Gasteiger partial charge in [-0.2, -0.15) is 0 Å². The van der Waals surface area contributed by atoms with Crippen LogP contribution < -0.4 is 4.74 Å². The quantitative estimate of drug-likeness (QED) is 0.760. The number of hydrogen-bond acceptors (Lipinski definition) is 3. The molecule has 1 unspecified atom stereocenters. The lowest BCUT2D eigenvalue weighted by Gasteiger charge is -2.24. The highest BCUT2D eigenvalue weighted by Crippen LogP contribution is 2.34. The number of halogens is 1. The van der Waals surface area contributed by atoms with E-state index in [2.05, 4.69) is 15.9 Å². The smallest absolute Gasteiger partial charge is 0.192 e. The van der Waals surface area contributed by atoms with Gasteiger partial charge in [0.15, 0.2) is 13.1 Å². The fourth-order valence-electron chi connectivity index (χ4n) is 1.28. The Balaban J connectivity index is 2.41. The minimum atomic E-state index is -0.318. The maximum Gasteiger partial charge on any atom is 0.192 e. The normalized spacial score (nSPS) is 20.6. The van der Waals surface area contributed by atoms with E-state index in [0.717, 1.165) is 15.8 Å². The average molecular weight is 245 g/mol. The molecule has 1 aromatic rings. The Bertz CT molecular complexity index is 314. The molecule has 70 valence electrons. The zero-order valence-corrected chi connectivity index (χ0v) is 8.71. The van der Waals surface area contributed by atoms with Crippen molar-refractivity contribution < 1.29 is 14.2 Å². The summed E-state index contributed by atoms with van der Waals surface area (Å²) >= 11 is 3.38. The van der Waals surface area contributed by atoms with Crippen LogP contribution in [0.4, 0.5) is 0 Å². The van der Waals surface area contributed by atoms with Crippen LogP contribution in [-0.2, 0) is 9.47 Å².